The number of aromatic hydroxyl groups is 1. The van der Waals surface area contributed by atoms with E-state index in [1.54, 1.807) is 24.3 Å². The minimum atomic E-state index is -0.665. The molecule has 0 spiro atoms. The van der Waals surface area contributed by atoms with Crippen LogP contribution in [0.3, 0.4) is 0 Å². The molecule has 0 aliphatic carbocycles. The molecule has 24 heavy (non-hydrogen) atoms. The summed E-state index contributed by atoms with van der Waals surface area (Å²) in [6, 6.07) is 9.45. The predicted octanol–water partition coefficient (Wildman–Crippen LogP) is 2.78. The van der Waals surface area contributed by atoms with Crippen LogP contribution in [-0.4, -0.2) is 17.1 Å². The number of rotatable bonds is 4. The Hall–Kier alpha value is -2.47. The fraction of sp³-hybridized carbons (Fsp3) is 0.278. The minimum Gasteiger partial charge on any atom is -0.508 e. The maximum absolute atomic E-state index is 13.5. The number of halogens is 2. The number of carbonyl (C=O) groups excluding carboxylic acids is 1. The zero-order valence-corrected chi connectivity index (χ0v) is 12.9. The highest BCUT2D eigenvalue weighted by Gasteiger charge is 2.30. The van der Waals surface area contributed by atoms with Crippen molar-refractivity contribution < 1.29 is 18.7 Å². The van der Waals surface area contributed by atoms with Gasteiger partial charge < -0.3 is 15.7 Å². The summed E-state index contributed by atoms with van der Waals surface area (Å²) in [6.07, 6.45) is 0.939. The monoisotopic (exact) mass is 332 g/mol. The van der Waals surface area contributed by atoms with Gasteiger partial charge in [-0.2, -0.15) is 0 Å². The molecular formula is C18H18F2N2O2. The molecule has 2 atom stereocenters. The number of phenols is 1. The number of piperidine rings is 1. The molecule has 0 radical (unpaired) electrons. The highest BCUT2D eigenvalue weighted by Crippen LogP contribution is 2.26. The average molecular weight is 332 g/mol. The molecule has 1 amide bonds. The summed E-state index contributed by atoms with van der Waals surface area (Å²) >= 11 is 0. The summed E-state index contributed by atoms with van der Waals surface area (Å²) in [5, 5.41) is 15.4. The summed E-state index contributed by atoms with van der Waals surface area (Å²) in [5.74, 6) is -1.27. The second-order valence-electron chi connectivity index (χ2n) is 5.94. The van der Waals surface area contributed by atoms with Crippen molar-refractivity contribution in [2.45, 2.75) is 31.5 Å². The second kappa shape index (κ2) is 6.97. The first-order valence-corrected chi connectivity index (χ1v) is 7.78. The Bertz CT molecular complexity index is 714. The molecule has 2 aromatic carbocycles. The summed E-state index contributed by atoms with van der Waals surface area (Å²) in [4.78, 5) is 11.7. The topological polar surface area (TPSA) is 61.4 Å². The lowest BCUT2D eigenvalue weighted by atomic mass is 9.91. The van der Waals surface area contributed by atoms with E-state index in [0.717, 1.165) is 11.6 Å². The Balaban J connectivity index is 1.76. The van der Waals surface area contributed by atoms with Crippen LogP contribution in [-0.2, 0) is 11.3 Å². The Morgan fingerprint density at radius 1 is 1.12 bits per heavy atom. The maximum Gasteiger partial charge on any atom is 0.220 e. The van der Waals surface area contributed by atoms with Crippen molar-refractivity contribution in [1.29, 1.82) is 0 Å². The molecule has 1 saturated heterocycles. The maximum atomic E-state index is 13.5. The van der Waals surface area contributed by atoms with Crippen molar-refractivity contribution in [2.75, 3.05) is 0 Å². The third-order valence-electron chi connectivity index (χ3n) is 4.15. The Morgan fingerprint density at radius 2 is 1.79 bits per heavy atom. The standard InChI is InChI=1S/C18H18F2N2O2/c19-13-7-12(8-14(20)9-13)18-16(5-6-17(24)22-18)21-10-11-1-3-15(23)4-2-11/h1-4,7-9,16,18,21,23H,5-6,10H2,(H,22,24)/t16-,18+/m1/s1. The number of hydrogen-bond donors (Lipinski definition) is 3. The number of nitrogens with one attached hydrogen (secondary N) is 2. The lowest BCUT2D eigenvalue weighted by Crippen LogP contribution is -2.48. The molecule has 1 heterocycles. The molecule has 3 rings (SSSR count). The van der Waals surface area contributed by atoms with E-state index in [1.807, 2.05) is 0 Å². The van der Waals surface area contributed by atoms with E-state index in [2.05, 4.69) is 10.6 Å². The molecule has 1 aliphatic rings. The molecule has 0 saturated carbocycles. The van der Waals surface area contributed by atoms with E-state index in [4.69, 9.17) is 0 Å². The smallest absolute Gasteiger partial charge is 0.220 e. The van der Waals surface area contributed by atoms with Crippen LogP contribution in [0.15, 0.2) is 42.5 Å². The predicted molar refractivity (Wildman–Crippen MR) is 85.2 cm³/mol. The first-order valence-electron chi connectivity index (χ1n) is 7.78. The van der Waals surface area contributed by atoms with Gasteiger partial charge in [0.25, 0.3) is 0 Å². The van der Waals surface area contributed by atoms with E-state index in [0.29, 0.717) is 24.9 Å². The van der Waals surface area contributed by atoms with Crippen LogP contribution in [0.2, 0.25) is 0 Å². The van der Waals surface area contributed by atoms with Crippen LogP contribution in [0, 0.1) is 11.6 Å². The molecule has 6 heteroatoms. The zero-order chi connectivity index (χ0) is 17.1. The third kappa shape index (κ3) is 3.89. The van der Waals surface area contributed by atoms with Gasteiger partial charge in [0, 0.05) is 25.1 Å². The van der Waals surface area contributed by atoms with Crippen LogP contribution in [0.4, 0.5) is 8.78 Å². The summed E-state index contributed by atoms with van der Waals surface area (Å²) in [6.45, 7) is 0.523. The molecule has 2 aromatic rings. The number of phenolic OH excluding ortho intramolecular Hbond substituents is 1. The van der Waals surface area contributed by atoms with Crippen LogP contribution in [0.25, 0.3) is 0 Å². The summed E-state index contributed by atoms with van der Waals surface area (Å²) in [5.41, 5.74) is 1.37. The van der Waals surface area contributed by atoms with Gasteiger partial charge >= 0.3 is 0 Å². The molecule has 0 bridgehead atoms. The van der Waals surface area contributed by atoms with E-state index in [-0.39, 0.29) is 17.7 Å². The Morgan fingerprint density at radius 3 is 2.46 bits per heavy atom. The van der Waals surface area contributed by atoms with Crippen molar-refractivity contribution in [2.24, 2.45) is 0 Å². The highest BCUT2D eigenvalue weighted by molar-refractivity contribution is 5.77. The van der Waals surface area contributed by atoms with Gasteiger partial charge in [-0.15, -0.1) is 0 Å². The molecule has 4 nitrogen and oxygen atoms in total. The van der Waals surface area contributed by atoms with Crippen LogP contribution in [0.1, 0.15) is 30.0 Å². The second-order valence-corrected chi connectivity index (χ2v) is 5.94. The molecule has 0 unspecified atom stereocenters. The first kappa shape index (κ1) is 16.4. The van der Waals surface area contributed by atoms with Crippen molar-refractivity contribution in [1.82, 2.24) is 10.6 Å². The van der Waals surface area contributed by atoms with Crippen molar-refractivity contribution in [3.05, 3.63) is 65.2 Å². The lowest BCUT2D eigenvalue weighted by Gasteiger charge is -2.33. The molecule has 126 valence electrons. The van der Waals surface area contributed by atoms with E-state index < -0.39 is 17.7 Å². The fourth-order valence-electron chi connectivity index (χ4n) is 2.95. The summed E-state index contributed by atoms with van der Waals surface area (Å²) in [7, 11) is 0. The van der Waals surface area contributed by atoms with Crippen molar-refractivity contribution in [3.8, 4) is 5.75 Å². The first-order chi connectivity index (χ1) is 11.5. The van der Waals surface area contributed by atoms with Crippen LogP contribution < -0.4 is 10.6 Å². The number of hydrogen-bond acceptors (Lipinski definition) is 3. The van der Waals surface area contributed by atoms with E-state index in [9.17, 15) is 18.7 Å². The van der Waals surface area contributed by atoms with Crippen molar-refractivity contribution >= 4 is 5.91 Å². The van der Waals surface area contributed by atoms with Gasteiger partial charge in [0.15, 0.2) is 0 Å². The van der Waals surface area contributed by atoms with Gasteiger partial charge in [0.05, 0.1) is 6.04 Å². The summed E-state index contributed by atoms with van der Waals surface area (Å²) < 4.78 is 27.0. The van der Waals surface area contributed by atoms with Crippen LogP contribution in [0.5, 0.6) is 5.75 Å². The highest BCUT2D eigenvalue weighted by atomic mass is 19.1. The Labute approximate surface area is 138 Å². The SMILES string of the molecule is O=C1CC[C@@H](NCc2ccc(O)cc2)[C@H](c2cc(F)cc(F)c2)N1. The van der Waals surface area contributed by atoms with Gasteiger partial charge in [-0.25, -0.2) is 8.78 Å². The molecule has 3 N–H and O–H groups in total. The largest absolute Gasteiger partial charge is 0.508 e. The minimum absolute atomic E-state index is 0.132. The zero-order valence-electron chi connectivity index (χ0n) is 12.9. The molecule has 1 aliphatic heterocycles. The number of amides is 1. The quantitative estimate of drug-likeness (QED) is 0.807. The number of carbonyl (C=O) groups is 1. The van der Waals surface area contributed by atoms with E-state index in [1.165, 1.54) is 12.1 Å². The van der Waals surface area contributed by atoms with Gasteiger partial charge in [-0.05, 0) is 41.8 Å². The number of benzene rings is 2. The van der Waals surface area contributed by atoms with Gasteiger partial charge in [-0.1, -0.05) is 12.1 Å². The average Bonchev–Trinajstić information content (AvgIpc) is 2.54. The molecular weight excluding hydrogens is 314 g/mol. The van der Waals surface area contributed by atoms with Crippen molar-refractivity contribution in [3.63, 3.8) is 0 Å². The normalized spacial score (nSPS) is 20.7. The molecule has 1 fully saturated rings. The lowest BCUT2D eigenvalue weighted by molar-refractivity contribution is -0.123. The van der Waals surface area contributed by atoms with Crippen LogP contribution >= 0.6 is 0 Å². The fourth-order valence-corrected chi connectivity index (χ4v) is 2.95. The third-order valence-corrected chi connectivity index (χ3v) is 4.15. The Kier molecular flexibility index (Phi) is 4.76. The molecule has 0 aromatic heterocycles. The van der Waals surface area contributed by atoms with E-state index >= 15 is 0 Å². The van der Waals surface area contributed by atoms with Gasteiger partial charge in [0.1, 0.15) is 17.4 Å². The van der Waals surface area contributed by atoms with Gasteiger partial charge in [0.2, 0.25) is 5.91 Å². The van der Waals surface area contributed by atoms with Gasteiger partial charge in [-0.3, -0.25) is 4.79 Å².